The molecule has 2 fully saturated rings. The Balaban J connectivity index is 1.28. The normalized spacial score (nSPS) is 18.0. The van der Waals surface area contributed by atoms with Gasteiger partial charge in [0.15, 0.2) is 5.65 Å². The molecule has 1 atom stereocenters. The summed E-state index contributed by atoms with van der Waals surface area (Å²) in [6.07, 6.45) is 3.29. The third-order valence-electron chi connectivity index (χ3n) is 7.38. The summed E-state index contributed by atoms with van der Waals surface area (Å²) >= 11 is 0. The number of anilines is 1. The SMILES string of the molecule is N#Cc1ccc(-c2cnc3ccc(N4CCCC4c4cc(F)ccc4F)nn23)cc1OCCN1CCOCC1. The minimum absolute atomic E-state index is 0.306. The van der Waals surface area contributed by atoms with Gasteiger partial charge in [-0.2, -0.15) is 5.26 Å². The molecule has 4 heterocycles. The zero-order valence-corrected chi connectivity index (χ0v) is 21.4. The van der Waals surface area contributed by atoms with E-state index in [1.54, 1.807) is 16.8 Å². The average Bonchev–Trinajstić information content (AvgIpc) is 3.62. The quantitative estimate of drug-likeness (QED) is 0.346. The molecule has 200 valence electrons. The van der Waals surface area contributed by atoms with Crippen LogP contribution in [0.1, 0.15) is 30.0 Å². The number of aromatic nitrogens is 3. The third kappa shape index (κ3) is 5.15. The molecule has 2 aliphatic rings. The van der Waals surface area contributed by atoms with Crippen molar-refractivity contribution in [2.75, 3.05) is 50.9 Å². The second-order valence-electron chi connectivity index (χ2n) is 9.75. The van der Waals surface area contributed by atoms with Crippen LogP contribution in [0.4, 0.5) is 14.6 Å². The molecule has 6 rings (SSSR count). The Morgan fingerprint density at radius 2 is 1.92 bits per heavy atom. The standard InChI is InChI=1S/C29H28F2N6O2/c30-22-5-6-24(31)23(17-22)25-2-1-9-36(25)29-8-7-28-33-19-26(37(28)34-29)20-3-4-21(18-32)27(16-20)39-15-12-35-10-13-38-14-11-35/h3-8,16-17,19,25H,1-2,9-15H2. The Hall–Kier alpha value is -4.07. The molecule has 10 heteroatoms. The molecule has 0 saturated carbocycles. The maximum atomic E-state index is 14.6. The summed E-state index contributed by atoms with van der Waals surface area (Å²) < 4.78 is 41.7. The highest BCUT2D eigenvalue weighted by Gasteiger charge is 2.30. The Morgan fingerprint density at radius 1 is 1.05 bits per heavy atom. The van der Waals surface area contributed by atoms with Gasteiger partial charge in [0.25, 0.3) is 0 Å². The van der Waals surface area contributed by atoms with Crippen molar-refractivity contribution in [1.29, 1.82) is 5.26 Å². The highest BCUT2D eigenvalue weighted by molar-refractivity contribution is 5.67. The van der Waals surface area contributed by atoms with Gasteiger partial charge in [-0.25, -0.2) is 18.3 Å². The molecule has 0 bridgehead atoms. The molecular formula is C29H28F2N6O2. The van der Waals surface area contributed by atoms with Crippen LogP contribution in [0.2, 0.25) is 0 Å². The van der Waals surface area contributed by atoms with E-state index in [9.17, 15) is 14.0 Å². The number of fused-ring (bicyclic) bond motifs is 1. The molecule has 1 unspecified atom stereocenters. The molecule has 0 amide bonds. The van der Waals surface area contributed by atoms with Gasteiger partial charge in [0.2, 0.25) is 0 Å². The molecule has 2 aromatic heterocycles. The van der Waals surface area contributed by atoms with Gasteiger partial charge in [0.05, 0.1) is 36.7 Å². The molecular weight excluding hydrogens is 502 g/mol. The van der Waals surface area contributed by atoms with E-state index in [-0.39, 0.29) is 6.04 Å². The molecule has 39 heavy (non-hydrogen) atoms. The lowest BCUT2D eigenvalue weighted by Crippen LogP contribution is -2.38. The van der Waals surface area contributed by atoms with Crippen molar-refractivity contribution in [2.24, 2.45) is 0 Å². The third-order valence-corrected chi connectivity index (χ3v) is 7.38. The van der Waals surface area contributed by atoms with Crippen LogP contribution >= 0.6 is 0 Å². The number of ether oxygens (including phenoxy) is 2. The molecule has 4 aromatic rings. The van der Waals surface area contributed by atoms with Crippen molar-refractivity contribution in [2.45, 2.75) is 18.9 Å². The van der Waals surface area contributed by atoms with Crippen molar-refractivity contribution < 1.29 is 18.3 Å². The smallest absolute Gasteiger partial charge is 0.154 e. The average molecular weight is 531 g/mol. The van der Waals surface area contributed by atoms with E-state index in [1.165, 1.54) is 12.1 Å². The van der Waals surface area contributed by atoms with Gasteiger partial charge in [-0.1, -0.05) is 6.07 Å². The minimum atomic E-state index is -0.456. The van der Waals surface area contributed by atoms with E-state index in [4.69, 9.17) is 14.6 Å². The first-order valence-electron chi connectivity index (χ1n) is 13.1. The fourth-order valence-electron chi connectivity index (χ4n) is 5.35. The minimum Gasteiger partial charge on any atom is -0.491 e. The summed E-state index contributed by atoms with van der Waals surface area (Å²) in [5.74, 6) is 0.290. The molecule has 0 spiro atoms. The fourth-order valence-corrected chi connectivity index (χ4v) is 5.35. The van der Waals surface area contributed by atoms with Gasteiger partial charge >= 0.3 is 0 Å². The van der Waals surface area contributed by atoms with Gasteiger partial charge in [-0.3, -0.25) is 4.90 Å². The van der Waals surface area contributed by atoms with Crippen LogP contribution in [0.5, 0.6) is 5.75 Å². The zero-order chi connectivity index (χ0) is 26.8. The number of imidazole rings is 1. The van der Waals surface area contributed by atoms with E-state index in [0.717, 1.165) is 56.6 Å². The first-order valence-corrected chi connectivity index (χ1v) is 13.1. The van der Waals surface area contributed by atoms with Crippen molar-refractivity contribution in [3.63, 3.8) is 0 Å². The van der Waals surface area contributed by atoms with Crippen LogP contribution in [0.3, 0.4) is 0 Å². The number of hydrogen-bond donors (Lipinski definition) is 0. The number of morpholine rings is 1. The summed E-state index contributed by atoms with van der Waals surface area (Å²) in [5, 5.41) is 14.5. The molecule has 2 saturated heterocycles. The number of halogens is 2. The monoisotopic (exact) mass is 530 g/mol. The number of nitriles is 1. The number of hydrogen-bond acceptors (Lipinski definition) is 7. The maximum Gasteiger partial charge on any atom is 0.154 e. The van der Waals surface area contributed by atoms with Crippen LogP contribution in [-0.2, 0) is 4.74 Å². The Kier molecular flexibility index (Phi) is 7.09. The number of benzene rings is 2. The topological polar surface area (TPSA) is 78.9 Å². The zero-order valence-electron chi connectivity index (χ0n) is 21.4. The van der Waals surface area contributed by atoms with Gasteiger partial charge in [-0.05, 0) is 55.3 Å². The largest absolute Gasteiger partial charge is 0.491 e. The highest BCUT2D eigenvalue weighted by Crippen LogP contribution is 2.37. The second-order valence-corrected chi connectivity index (χ2v) is 9.75. The summed E-state index contributed by atoms with van der Waals surface area (Å²) in [4.78, 5) is 8.80. The van der Waals surface area contributed by atoms with Crippen LogP contribution < -0.4 is 9.64 Å². The Bertz CT molecular complexity index is 1530. The molecule has 0 radical (unpaired) electrons. The lowest BCUT2D eigenvalue weighted by Gasteiger charge is -2.26. The van der Waals surface area contributed by atoms with Gasteiger partial charge in [0, 0.05) is 37.3 Å². The first-order chi connectivity index (χ1) is 19.1. The van der Waals surface area contributed by atoms with Crippen molar-refractivity contribution in [3.8, 4) is 23.1 Å². The summed E-state index contributed by atoms with van der Waals surface area (Å²) in [6.45, 7) is 5.07. The maximum absolute atomic E-state index is 14.6. The van der Waals surface area contributed by atoms with Gasteiger partial charge < -0.3 is 14.4 Å². The van der Waals surface area contributed by atoms with Crippen molar-refractivity contribution in [1.82, 2.24) is 19.5 Å². The van der Waals surface area contributed by atoms with Crippen LogP contribution in [0.25, 0.3) is 16.9 Å². The van der Waals surface area contributed by atoms with E-state index in [2.05, 4.69) is 16.0 Å². The predicted molar refractivity (Wildman–Crippen MR) is 142 cm³/mol. The molecule has 0 aliphatic carbocycles. The van der Waals surface area contributed by atoms with Crippen LogP contribution in [-0.4, -0.2) is 65.5 Å². The van der Waals surface area contributed by atoms with E-state index >= 15 is 0 Å². The molecule has 8 nitrogen and oxygen atoms in total. The highest BCUT2D eigenvalue weighted by atomic mass is 19.1. The summed E-state index contributed by atoms with van der Waals surface area (Å²) in [5.41, 5.74) is 3.00. The first kappa shape index (κ1) is 25.2. The van der Waals surface area contributed by atoms with Crippen LogP contribution in [0, 0.1) is 23.0 Å². The molecule has 2 aliphatic heterocycles. The van der Waals surface area contributed by atoms with Gasteiger partial charge in [0.1, 0.15) is 35.9 Å². The number of nitrogens with zero attached hydrogens (tertiary/aromatic N) is 6. The Morgan fingerprint density at radius 3 is 2.77 bits per heavy atom. The number of rotatable bonds is 7. The Labute approximate surface area is 225 Å². The van der Waals surface area contributed by atoms with E-state index in [0.29, 0.717) is 47.9 Å². The predicted octanol–water partition coefficient (Wildman–Crippen LogP) is 4.60. The lowest BCUT2D eigenvalue weighted by molar-refractivity contribution is 0.0322. The van der Waals surface area contributed by atoms with Gasteiger partial charge in [-0.15, -0.1) is 5.10 Å². The van der Waals surface area contributed by atoms with Crippen LogP contribution in [0.15, 0.2) is 54.7 Å². The summed E-state index contributed by atoms with van der Waals surface area (Å²) in [7, 11) is 0. The molecule has 2 aromatic carbocycles. The van der Waals surface area contributed by atoms with Crippen molar-refractivity contribution >= 4 is 11.5 Å². The lowest BCUT2D eigenvalue weighted by atomic mass is 10.0. The van der Waals surface area contributed by atoms with E-state index in [1.807, 2.05) is 29.2 Å². The second kappa shape index (κ2) is 11.0. The molecule has 0 N–H and O–H groups in total. The fraction of sp³-hybridized carbons (Fsp3) is 0.345. The van der Waals surface area contributed by atoms with E-state index < -0.39 is 11.6 Å². The van der Waals surface area contributed by atoms with Crippen molar-refractivity contribution in [3.05, 3.63) is 77.5 Å². The summed E-state index contributed by atoms with van der Waals surface area (Å²) in [6, 6.07) is 14.7.